The number of imidazole rings is 1. The highest BCUT2D eigenvalue weighted by molar-refractivity contribution is 6.33. The van der Waals surface area contributed by atoms with E-state index in [4.69, 9.17) is 30.5 Å². The van der Waals surface area contributed by atoms with Crippen molar-refractivity contribution in [3.63, 3.8) is 0 Å². The van der Waals surface area contributed by atoms with Crippen LogP contribution in [0.15, 0.2) is 12.7 Å². The first kappa shape index (κ1) is 20.0. The Morgan fingerprint density at radius 1 is 1.07 bits per heavy atom. The van der Waals surface area contributed by atoms with E-state index < -0.39 is 42.4 Å². The summed E-state index contributed by atoms with van der Waals surface area (Å²) in [6.45, 7) is 3.45. The topological polar surface area (TPSA) is 132 Å². The molecule has 0 saturated carbocycles. The molecule has 12 heteroatoms. The number of aromatic nitrogens is 4. The van der Waals surface area contributed by atoms with E-state index in [1.54, 1.807) is 0 Å². The molecule has 3 rings (SSSR count). The molecule has 0 radical (unpaired) electrons. The molecule has 28 heavy (non-hydrogen) atoms. The van der Waals surface area contributed by atoms with Gasteiger partial charge in [0.25, 0.3) is 0 Å². The molecule has 2 aromatic rings. The predicted molar refractivity (Wildman–Crippen MR) is 92.0 cm³/mol. The second kappa shape index (κ2) is 8.07. The zero-order valence-corrected chi connectivity index (χ0v) is 16.0. The third-order valence-corrected chi connectivity index (χ3v) is 4.21. The number of hydrogen-bond donors (Lipinski definition) is 0. The van der Waals surface area contributed by atoms with Crippen LogP contribution in [-0.4, -0.2) is 62.3 Å². The van der Waals surface area contributed by atoms with Gasteiger partial charge in [-0.25, -0.2) is 15.0 Å². The Morgan fingerprint density at radius 3 is 2.39 bits per heavy atom. The van der Waals surface area contributed by atoms with Gasteiger partial charge in [-0.05, 0) is 0 Å². The maximum atomic E-state index is 11.7. The van der Waals surface area contributed by atoms with Gasteiger partial charge < -0.3 is 18.9 Å². The second-order valence-corrected chi connectivity index (χ2v) is 6.36. The Hall–Kier alpha value is -2.79. The maximum Gasteiger partial charge on any atom is 0.303 e. The molecule has 1 aliphatic rings. The highest BCUT2D eigenvalue weighted by Gasteiger charge is 2.51. The minimum Gasteiger partial charge on any atom is -0.463 e. The van der Waals surface area contributed by atoms with Crippen molar-refractivity contribution < 1.29 is 33.3 Å². The molecule has 0 aliphatic carbocycles. The standard InChI is InChI=1S/C16H17ClN4O7/c1-7(22)25-4-10-12(26-8(2)23)13(27-9(3)24)16(28-10)21-6-20-11-14(17)18-5-19-15(11)21/h5-6,10,12-13,16H,4H2,1-3H3/t10-,12+,13?,16-/m1/s1. The number of hydrogen-bond acceptors (Lipinski definition) is 10. The first-order valence-corrected chi connectivity index (χ1v) is 8.62. The summed E-state index contributed by atoms with van der Waals surface area (Å²) in [5, 5.41) is 0.138. The van der Waals surface area contributed by atoms with Crippen molar-refractivity contribution >= 4 is 40.7 Å². The highest BCUT2D eigenvalue weighted by Crippen LogP contribution is 2.36. The molecule has 150 valence electrons. The van der Waals surface area contributed by atoms with Crippen molar-refractivity contribution in [1.82, 2.24) is 19.5 Å². The smallest absolute Gasteiger partial charge is 0.303 e. The van der Waals surface area contributed by atoms with Crippen LogP contribution in [-0.2, 0) is 33.3 Å². The van der Waals surface area contributed by atoms with Gasteiger partial charge in [-0.15, -0.1) is 0 Å². The van der Waals surface area contributed by atoms with E-state index in [0.29, 0.717) is 11.2 Å². The molecule has 2 aromatic heterocycles. The summed E-state index contributed by atoms with van der Waals surface area (Å²) in [6, 6.07) is 0. The van der Waals surface area contributed by atoms with Gasteiger partial charge in [0.15, 0.2) is 29.2 Å². The zero-order valence-electron chi connectivity index (χ0n) is 15.2. The van der Waals surface area contributed by atoms with E-state index in [9.17, 15) is 14.4 Å². The van der Waals surface area contributed by atoms with Gasteiger partial charge in [0.2, 0.25) is 0 Å². The second-order valence-electron chi connectivity index (χ2n) is 6.00. The largest absolute Gasteiger partial charge is 0.463 e. The lowest BCUT2D eigenvalue weighted by atomic mass is 10.1. The predicted octanol–water partition coefficient (Wildman–Crippen LogP) is 0.804. The van der Waals surface area contributed by atoms with Gasteiger partial charge in [-0.2, -0.15) is 0 Å². The van der Waals surface area contributed by atoms with E-state index in [-0.39, 0.29) is 11.8 Å². The van der Waals surface area contributed by atoms with Crippen LogP contribution in [0.2, 0.25) is 5.15 Å². The maximum absolute atomic E-state index is 11.7. The van der Waals surface area contributed by atoms with Crippen LogP contribution in [0.1, 0.15) is 27.0 Å². The quantitative estimate of drug-likeness (QED) is 0.394. The summed E-state index contributed by atoms with van der Waals surface area (Å²) in [4.78, 5) is 46.6. The fourth-order valence-electron chi connectivity index (χ4n) is 2.93. The van der Waals surface area contributed by atoms with Gasteiger partial charge in [0.05, 0.1) is 6.33 Å². The average molecular weight is 413 g/mol. The van der Waals surface area contributed by atoms with Gasteiger partial charge in [-0.1, -0.05) is 11.6 Å². The molecule has 0 bridgehead atoms. The summed E-state index contributed by atoms with van der Waals surface area (Å²) in [6.07, 6.45) is -1.24. The summed E-state index contributed by atoms with van der Waals surface area (Å²) in [5.74, 6) is -1.76. The van der Waals surface area contributed by atoms with Crippen LogP contribution in [0.25, 0.3) is 11.2 Å². The third kappa shape index (κ3) is 4.04. The first-order chi connectivity index (χ1) is 13.3. The lowest BCUT2D eigenvalue weighted by Gasteiger charge is -2.23. The molecule has 3 heterocycles. The van der Waals surface area contributed by atoms with Crippen molar-refractivity contribution in [2.24, 2.45) is 0 Å². The van der Waals surface area contributed by atoms with Crippen LogP contribution in [0.5, 0.6) is 0 Å². The monoisotopic (exact) mass is 412 g/mol. The number of esters is 3. The fraction of sp³-hybridized carbons (Fsp3) is 0.500. The SMILES string of the molecule is CC(=O)OC[C@H]1O[C@@H](n2cnc3c(Cl)ncnc32)C(OC(C)=O)[C@H]1OC(C)=O. The normalized spacial score (nSPS) is 24.1. The Balaban J connectivity index is 2.01. The lowest BCUT2D eigenvalue weighted by Crippen LogP contribution is -2.40. The number of carbonyl (C=O) groups excluding carboxylic acids is 3. The number of halogens is 1. The molecule has 11 nitrogen and oxygen atoms in total. The molecule has 1 unspecified atom stereocenters. The number of rotatable bonds is 5. The van der Waals surface area contributed by atoms with Crippen molar-refractivity contribution in [3.05, 3.63) is 17.8 Å². The van der Waals surface area contributed by atoms with Crippen molar-refractivity contribution in [2.45, 2.75) is 45.3 Å². The number of nitrogens with zero attached hydrogens (tertiary/aromatic N) is 4. The first-order valence-electron chi connectivity index (χ1n) is 8.24. The van der Waals surface area contributed by atoms with Crippen molar-refractivity contribution in [1.29, 1.82) is 0 Å². The van der Waals surface area contributed by atoms with Crippen LogP contribution < -0.4 is 0 Å². The third-order valence-electron chi connectivity index (χ3n) is 3.93. The number of fused-ring (bicyclic) bond motifs is 1. The van der Waals surface area contributed by atoms with E-state index in [2.05, 4.69) is 15.0 Å². The van der Waals surface area contributed by atoms with Crippen LogP contribution in [0.3, 0.4) is 0 Å². The Bertz CT molecular complexity index is 918. The van der Waals surface area contributed by atoms with Gasteiger partial charge >= 0.3 is 17.9 Å². The number of ether oxygens (including phenoxy) is 4. The molecular weight excluding hydrogens is 396 g/mol. The van der Waals surface area contributed by atoms with Crippen molar-refractivity contribution in [2.75, 3.05) is 6.61 Å². The molecule has 1 aliphatic heterocycles. The Labute approximate surface area is 163 Å². The zero-order chi connectivity index (χ0) is 20.4. The number of carbonyl (C=O) groups is 3. The molecule has 4 atom stereocenters. The van der Waals surface area contributed by atoms with Crippen LogP contribution in [0, 0.1) is 0 Å². The van der Waals surface area contributed by atoms with Gasteiger partial charge in [0.1, 0.15) is 24.6 Å². The Morgan fingerprint density at radius 2 is 1.75 bits per heavy atom. The summed E-state index contributed by atoms with van der Waals surface area (Å²) < 4.78 is 23.1. The van der Waals surface area contributed by atoms with Gasteiger partial charge in [-0.3, -0.25) is 19.0 Å². The van der Waals surface area contributed by atoms with Crippen molar-refractivity contribution in [3.8, 4) is 0 Å². The van der Waals surface area contributed by atoms with Gasteiger partial charge in [0, 0.05) is 20.8 Å². The summed E-state index contributed by atoms with van der Waals surface area (Å²) in [7, 11) is 0. The average Bonchev–Trinajstić information content (AvgIpc) is 3.16. The van der Waals surface area contributed by atoms with E-state index in [0.717, 1.165) is 0 Å². The minimum absolute atomic E-state index is 0.138. The molecular formula is C16H17ClN4O7. The molecule has 1 fully saturated rings. The fourth-order valence-corrected chi connectivity index (χ4v) is 3.10. The van der Waals surface area contributed by atoms with Crippen LogP contribution in [0.4, 0.5) is 0 Å². The minimum atomic E-state index is -1.03. The van der Waals surface area contributed by atoms with E-state index >= 15 is 0 Å². The Kier molecular flexibility index (Phi) is 5.75. The molecule has 0 spiro atoms. The van der Waals surface area contributed by atoms with E-state index in [1.165, 1.54) is 38.0 Å². The lowest BCUT2D eigenvalue weighted by molar-refractivity contribution is -0.166. The summed E-state index contributed by atoms with van der Waals surface area (Å²) in [5.41, 5.74) is 0.652. The van der Waals surface area contributed by atoms with E-state index in [1.807, 2.05) is 0 Å². The molecule has 1 saturated heterocycles. The molecule has 0 amide bonds. The summed E-state index contributed by atoms with van der Waals surface area (Å²) >= 11 is 6.03. The highest BCUT2D eigenvalue weighted by atomic mass is 35.5. The molecule has 0 N–H and O–H groups in total. The van der Waals surface area contributed by atoms with Crippen LogP contribution >= 0.6 is 11.6 Å². The molecule has 0 aromatic carbocycles.